The minimum absolute atomic E-state index is 0.00780. The Hall–Kier alpha value is -2.75. The number of fused-ring (bicyclic) bond motifs is 1. The summed E-state index contributed by atoms with van der Waals surface area (Å²) in [5.41, 5.74) is 7.81. The Balaban J connectivity index is 1.09. The molecule has 1 aromatic carbocycles. The predicted octanol–water partition coefficient (Wildman–Crippen LogP) is 9.66. The third-order valence-corrected chi connectivity index (χ3v) is 10.5. The molecule has 1 fully saturated rings. The Bertz CT molecular complexity index is 1490. The van der Waals surface area contributed by atoms with Gasteiger partial charge in [0.1, 0.15) is 35.9 Å². The maximum atomic E-state index is 14.7. The van der Waals surface area contributed by atoms with Crippen LogP contribution < -0.4 is 5.73 Å². The van der Waals surface area contributed by atoms with Crippen molar-refractivity contribution in [1.29, 1.82) is 5.26 Å². The highest BCUT2D eigenvalue weighted by atomic mass is 31.2. The van der Waals surface area contributed by atoms with Crippen LogP contribution in [-0.2, 0) is 29.9 Å². The number of nitrogen functional groups attached to an aromatic ring is 1. The number of nitrogens with two attached hydrogens (primary N) is 1. The van der Waals surface area contributed by atoms with Crippen molar-refractivity contribution in [3.63, 3.8) is 0 Å². The average Bonchev–Trinajstić information content (AvgIpc) is 3.83. The van der Waals surface area contributed by atoms with Crippen molar-refractivity contribution in [2.24, 2.45) is 0 Å². The molecule has 4 atom stereocenters. The van der Waals surface area contributed by atoms with Crippen LogP contribution in [0.2, 0.25) is 0 Å². The molecular weight excluding hydrogens is 696 g/mol. The van der Waals surface area contributed by atoms with Gasteiger partial charge in [0, 0.05) is 12.2 Å². The molecule has 0 radical (unpaired) electrons. The van der Waals surface area contributed by atoms with Crippen LogP contribution in [0.4, 0.5) is 10.2 Å². The van der Waals surface area contributed by atoms with Gasteiger partial charge in [0.2, 0.25) is 0 Å². The zero-order chi connectivity index (χ0) is 37.5. The molecule has 0 bridgehead atoms. The second-order valence-corrected chi connectivity index (χ2v) is 15.0. The number of hydrogen-bond acceptors (Lipinski definition) is 10. The minimum atomic E-state index is -2.22. The molecule has 3 N–H and O–H groups in total. The van der Waals surface area contributed by atoms with Gasteiger partial charge in [-0.1, -0.05) is 115 Å². The molecule has 0 aliphatic carbocycles. The highest BCUT2D eigenvalue weighted by molar-refractivity contribution is 7.40. The van der Waals surface area contributed by atoms with Crippen LogP contribution in [0.25, 0.3) is 5.52 Å². The number of hydrogen-bond donors (Lipinski definition) is 2. The Kier molecular flexibility index (Phi) is 20.6. The van der Waals surface area contributed by atoms with Crippen LogP contribution in [0.3, 0.4) is 0 Å². The Morgan fingerprint density at radius 3 is 2.30 bits per heavy atom. The first-order valence-corrected chi connectivity index (χ1v) is 21.0. The minimum Gasteiger partial charge on any atom is -0.382 e. The van der Waals surface area contributed by atoms with E-state index in [0.29, 0.717) is 12.4 Å². The van der Waals surface area contributed by atoms with Crippen LogP contribution >= 0.6 is 8.60 Å². The van der Waals surface area contributed by atoms with E-state index in [9.17, 15) is 14.5 Å². The Morgan fingerprint density at radius 2 is 1.62 bits per heavy atom. The van der Waals surface area contributed by atoms with Crippen molar-refractivity contribution in [1.82, 2.24) is 14.6 Å². The van der Waals surface area contributed by atoms with Gasteiger partial charge in [-0.2, -0.15) is 10.4 Å². The topological polar surface area (TPSA) is 146 Å². The molecule has 0 amide bonds. The van der Waals surface area contributed by atoms with Crippen LogP contribution in [0, 0.1) is 17.1 Å². The van der Waals surface area contributed by atoms with Gasteiger partial charge in [0.05, 0.1) is 43.8 Å². The van der Waals surface area contributed by atoms with Gasteiger partial charge in [-0.05, 0) is 37.5 Å². The molecule has 4 unspecified atom stereocenters. The highest BCUT2D eigenvalue weighted by Crippen LogP contribution is 2.38. The van der Waals surface area contributed by atoms with E-state index < -0.39 is 20.5 Å². The van der Waals surface area contributed by atoms with Crippen LogP contribution in [0.15, 0.2) is 36.7 Å². The second kappa shape index (κ2) is 25.4. The predicted molar refractivity (Wildman–Crippen MR) is 205 cm³/mol. The van der Waals surface area contributed by atoms with Crippen molar-refractivity contribution < 1.29 is 32.5 Å². The van der Waals surface area contributed by atoms with Crippen molar-refractivity contribution in [2.75, 3.05) is 32.2 Å². The van der Waals surface area contributed by atoms with E-state index in [0.717, 1.165) is 36.9 Å². The number of aromatic nitrogens is 3. The largest absolute Gasteiger partial charge is 0.382 e. The number of ether oxygens (including phenoxy) is 3. The number of halogens is 1. The smallest absolute Gasteiger partial charge is 0.330 e. The third kappa shape index (κ3) is 15.5. The quantitative estimate of drug-likeness (QED) is 0.0518. The maximum absolute atomic E-state index is 14.7. The van der Waals surface area contributed by atoms with Crippen molar-refractivity contribution in [2.45, 2.75) is 147 Å². The normalized spacial score (nSPS) is 17.0. The lowest BCUT2D eigenvalue weighted by molar-refractivity contribution is -0.0499. The molecule has 3 heterocycles. The second-order valence-electron chi connectivity index (χ2n) is 14.1. The molecule has 4 rings (SSSR count). The zero-order valence-electron chi connectivity index (χ0n) is 31.6. The lowest BCUT2D eigenvalue weighted by Crippen LogP contribution is -2.26. The van der Waals surface area contributed by atoms with Gasteiger partial charge in [-0.15, -0.1) is 0 Å². The molecule has 0 spiro atoms. The first-order valence-electron chi connectivity index (χ1n) is 19.8. The molecule has 13 heteroatoms. The average molecular weight is 758 g/mol. The molecule has 0 saturated carbocycles. The molecule has 294 valence electrons. The van der Waals surface area contributed by atoms with E-state index in [1.54, 1.807) is 16.6 Å². The summed E-state index contributed by atoms with van der Waals surface area (Å²) in [6.45, 7) is 3.15. The fourth-order valence-electron chi connectivity index (χ4n) is 6.69. The lowest BCUT2D eigenvalue weighted by Gasteiger charge is -2.21. The Labute approximate surface area is 316 Å². The Morgan fingerprint density at radius 1 is 0.943 bits per heavy atom. The van der Waals surface area contributed by atoms with Gasteiger partial charge in [-0.3, -0.25) is 0 Å². The molecule has 1 aliphatic rings. The molecule has 1 aliphatic heterocycles. The molecule has 2 aromatic heterocycles. The van der Waals surface area contributed by atoms with E-state index in [1.807, 2.05) is 18.2 Å². The van der Waals surface area contributed by atoms with E-state index in [2.05, 4.69) is 17.0 Å². The molecule has 3 aromatic rings. The van der Waals surface area contributed by atoms with E-state index in [1.165, 1.54) is 102 Å². The number of rotatable bonds is 29. The summed E-state index contributed by atoms with van der Waals surface area (Å²) >= 11 is 0. The van der Waals surface area contributed by atoms with Crippen LogP contribution in [0.1, 0.15) is 145 Å². The van der Waals surface area contributed by atoms with Gasteiger partial charge in [0.25, 0.3) is 0 Å². The summed E-state index contributed by atoms with van der Waals surface area (Å²) in [6.07, 6.45) is 22.9. The van der Waals surface area contributed by atoms with Gasteiger partial charge in [0.15, 0.2) is 5.82 Å². The van der Waals surface area contributed by atoms with Gasteiger partial charge < -0.3 is 33.9 Å². The summed E-state index contributed by atoms with van der Waals surface area (Å²) in [5.74, 6) is -0.198. The summed E-state index contributed by atoms with van der Waals surface area (Å²) in [7, 11) is -2.22. The fourth-order valence-corrected chi connectivity index (χ4v) is 7.35. The first kappa shape index (κ1) is 43.0. The molecule has 11 nitrogen and oxygen atoms in total. The zero-order valence-corrected chi connectivity index (χ0v) is 32.5. The highest BCUT2D eigenvalue weighted by Gasteiger charge is 2.30. The number of benzene rings is 1. The fraction of sp³-hybridized carbons (Fsp3) is 0.675. The lowest BCUT2D eigenvalue weighted by atomic mass is 10.0. The molecule has 1 saturated heterocycles. The van der Waals surface area contributed by atoms with Gasteiger partial charge in [-0.25, -0.2) is 13.9 Å². The first-order chi connectivity index (χ1) is 26.0. The van der Waals surface area contributed by atoms with Crippen LogP contribution in [0.5, 0.6) is 0 Å². The standard InChI is InChI=1S/C40H61FN5O6P/c1-2-3-4-5-6-7-8-9-10-11-12-13-14-15-16-17-25-48-28-35(49-27-33-20-18-19-32(26-42)39(33)41)30-51-53(47)50-29-34-21-24-38(52-34)36-22-23-37-40(43)44-31-45-46(36)37/h18-20,22-23,31,34-35,38,47H,2-17,21,24-25,27-30H2,1H3,(H2,43,44,45). The van der Waals surface area contributed by atoms with Crippen molar-refractivity contribution in [3.8, 4) is 6.07 Å². The van der Waals surface area contributed by atoms with Crippen LogP contribution in [-0.4, -0.2) is 58.1 Å². The van der Waals surface area contributed by atoms with Gasteiger partial charge >= 0.3 is 8.60 Å². The monoisotopic (exact) mass is 757 g/mol. The summed E-state index contributed by atoms with van der Waals surface area (Å²) in [4.78, 5) is 14.6. The molecule has 53 heavy (non-hydrogen) atoms. The van der Waals surface area contributed by atoms with E-state index in [-0.39, 0.29) is 49.8 Å². The third-order valence-electron chi connectivity index (χ3n) is 9.81. The van der Waals surface area contributed by atoms with Crippen molar-refractivity contribution in [3.05, 3.63) is 59.3 Å². The van der Waals surface area contributed by atoms with E-state index >= 15 is 0 Å². The molecular formula is C40H61FN5O6P. The number of nitriles is 1. The number of unbranched alkanes of at least 4 members (excludes halogenated alkanes) is 15. The van der Waals surface area contributed by atoms with E-state index in [4.69, 9.17) is 29.0 Å². The number of anilines is 1. The SMILES string of the molecule is CCCCCCCCCCCCCCCCCCOCC(COP(O)OCC1CCC(c2ccc3c(N)ncnn23)O1)OCc1cccc(C#N)c1F. The summed E-state index contributed by atoms with van der Waals surface area (Å²) in [5, 5.41) is 13.5. The number of nitrogens with zero attached hydrogens (tertiary/aromatic N) is 4. The maximum Gasteiger partial charge on any atom is 0.330 e. The summed E-state index contributed by atoms with van der Waals surface area (Å²) in [6, 6.07) is 10.3. The van der Waals surface area contributed by atoms with Crippen molar-refractivity contribution >= 4 is 19.9 Å². The summed E-state index contributed by atoms with van der Waals surface area (Å²) < 4.78 is 45.8.